The lowest BCUT2D eigenvalue weighted by Gasteiger charge is -2.22. The topological polar surface area (TPSA) is 66.4 Å². The van der Waals surface area contributed by atoms with Crippen LogP contribution in [0.25, 0.3) is 21.9 Å². The van der Waals surface area contributed by atoms with Crippen molar-refractivity contribution in [3.05, 3.63) is 69.4 Å². The van der Waals surface area contributed by atoms with Crippen LogP contribution in [0.5, 0.6) is 0 Å². The van der Waals surface area contributed by atoms with E-state index in [-0.39, 0.29) is 17.5 Å². The van der Waals surface area contributed by atoms with Gasteiger partial charge >= 0.3 is 0 Å². The summed E-state index contributed by atoms with van der Waals surface area (Å²) >= 11 is 0. The minimum atomic E-state index is -0.393. The molecule has 1 amide bonds. The summed E-state index contributed by atoms with van der Waals surface area (Å²) in [5, 5.41) is 8.04. The fourth-order valence-electron chi connectivity index (χ4n) is 5.38. The summed E-state index contributed by atoms with van der Waals surface area (Å²) in [6.07, 6.45) is 7.48. The maximum Gasteiger partial charge on any atom is 0.258 e. The molecule has 2 aromatic carbocycles. The molecular weight excluding hydrogens is 467 g/mol. The van der Waals surface area contributed by atoms with Crippen LogP contribution < -0.4 is 16.2 Å². The molecule has 0 unspecified atom stereocenters. The molecule has 37 heavy (non-hydrogen) atoms. The van der Waals surface area contributed by atoms with Crippen LogP contribution >= 0.6 is 0 Å². The first-order valence-electron chi connectivity index (χ1n) is 13.7. The molecule has 2 aliphatic carbocycles. The Hall–Kier alpha value is -3.03. The van der Waals surface area contributed by atoms with E-state index in [9.17, 15) is 14.0 Å². The van der Waals surface area contributed by atoms with E-state index in [1.54, 1.807) is 13.0 Å². The molecule has 194 valence electrons. The zero-order valence-corrected chi connectivity index (χ0v) is 21.5. The molecule has 0 atom stereocenters. The average Bonchev–Trinajstić information content (AvgIpc) is 3.79. The van der Waals surface area contributed by atoms with Crippen molar-refractivity contribution in [3.8, 4) is 11.1 Å². The fourth-order valence-corrected chi connectivity index (χ4v) is 5.38. The highest BCUT2D eigenvalue weighted by Gasteiger charge is 2.25. The summed E-state index contributed by atoms with van der Waals surface area (Å²) in [7, 11) is 0. The SMILES string of the molecule is Cc1c(F)cc(C(=O)NC2CC2)cc1-c1ccc2c(=O)n(CC3CC3)cc(CN3CCCNCC3)c2c1. The Balaban J connectivity index is 1.43. The third-order valence-corrected chi connectivity index (χ3v) is 7.98. The number of rotatable bonds is 7. The van der Waals surface area contributed by atoms with E-state index < -0.39 is 5.82 Å². The molecule has 1 aromatic heterocycles. The van der Waals surface area contributed by atoms with Crippen molar-refractivity contribution in [2.24, 2.45) is 5.92 Å². The first-order valence-corrected chi connectivity index (χ1v) is 13.7. The Morgan fingerprint density at radius 3 is 2.70 bits per heavy atom. The Labute approximate surface area is 216 Å². The van der Waals surface area contributed by atoms with Crippen molar-refractivity contribution in [3.63, 3.8) is 0 Å². The maximum absolute atomic E-state index is 15.0. The molecule has 0 spiro atoms. The van der Waals surface area contributed by atoms with Crippen molar-refractivity contribution in [1.29, 1.82) is 0 Å². The van der Waals surface area contributed by atoms with E-state index in [0.29, 0.717) is 28.0 Å². The predicted octanol–water partition coefficient (Wildman–Crippen LogP) is 4.21. The first-order chi connectivity index (χ1) is 18.0. The molecule has 1 aliphatic heterocycles. The number of benzene rings is 2. The molecule has 3 fully saturated rings. The van der Waals surface area contributed by atoms with E-state index in [0.717, 1.165) is 75.0 Å². The molecule has 3 aliphatic rings. The number of carbonyl (C=O) groups is 1. The number of carbonyl (C=O) groups excluding carboxylic acids is 1. The molecule has 7 heteroatoms. The predicted molar refractivity (Wildman–Crippen MR) is 144 cm³/mol. The van der Waals surface area contributed by atoms with Gasteiger partial charge in [-0.2, -0.15) is 0 Å². The van der Waals surface area contributed by atoms with Crippen LogP contribution in [0.4, 0.5) is 4.39 Å². The summed E-state index contributed by atoms with van der Waals surface area (Å²) in [6, 6.07) is 9.12. The highest BCUT2D eigenvalue weighted by atomic mass is 19.1. The Kier molecular flexibility index (Phi) is 6.59. The average molecular weight is 503 g/mol. The Morgan fingerprint density at radius 1 is 1.08 bits per heavy atom. The van der Waals surface area contributed by atoms with Crippen LogP contribution in [0.3, 0.4) is 0 Å². The summed E-state index contributed by atoms with van der Waals surface area (Å²) in [4.78, 5) is 28.6. The van der Waals surface area contributed by atoms with Gasteiger partial charge in [-0.1, -0.05) is 6.07 Å². The van der Waals surface area contributed by atoms with Crippen LogP contribution in [0.15, 0.2) is 41.3 Å². The van der Waals surface area contributed by atoms with Gasteiger partial charge < -0.3 is 15.2 Å². The minimum Gasteiger partial charge on any atom is -0.349 e. The van der Waals surface area contributed by atoms with Crippen molar-refractivity contribution < 1.29 is 9.18 Å². The van der Waals surface area contributed by atoms with Crippen LogP contribution in [0, 0.1) is 18.7 Å². The largest absolute Gasteiger partial charge is 0.349 e. The third kappa shape index (κ3) is 5.34. The van der Waals surface area contributed by atoms with Crippen molar-refractivity contribution in [1.82, 2.24) is 20.1 Å². The van der Waals surface area contributed by atoms with Gasteiger partial charge in [0, 0.05) is 49.4 Å². The third-order valence-electron chi connectivity index (χ3n) is 7.98. The highest BCUT2D eigenvalue weighted by molar-refractivity contribution is 5.97. The first kappa shape index (κ1) is 24.3. The van der Waals surface area contributed by atoms with Gasteiger partial charge in [-0.05, 0) is 110 Å². The zero-order valence-electron chi connectivity index (χ0n) is 21.5. The summed E-state index contributed by atoms with van der Waals surface area (Å²) in [6.45, 7) is 7.24. The molecule has 6 rings (SSSR count). The van der Waals surface area contributed by atoms with E-state index in [4.69, 9.17) is 0 Å². The quantitative estimate of drug-likeness (QED) is 0.508. The number of hydrogen-bond acceptors (Lipinski definition) is 4. The number of pyridine rings is 1. The molecule has 2 N–H and O–H groups in total. The van der Waals surface area contributed by atoms with Crippen LogP contribution in [0.1, 0.15) is 53.6 Å². The second-order valence-corrected chi connectivity index (χ2v) is 11.1. The lowest BCUT2D eigenvalue weighted by Crippen LogP contribution is -2.29. The van der Waals surface area contributed by atoms with Gasteiger partial charge in [0.2, 0.25) is 0 Å². The van der Waals surface area contributed by atoms with Crippen LogP contribution in [-0.4, -0.2) is 47.6 Å². The smallest absolute Gasteiger partial charge is 0.258 e. The molecular formula is C30H35FN4O2. The van der Waals surface area contributed by atoms with Gasteiger partial charge in [-0.15, -0.1) is 0 Å². The van der Waals surface area contributed by atoms with E-state index in [1.165, 1.54) is 18.9 Å². The second kappa shape index (κ2) is 10.0. The van der Waals surface area contributed by atoms with Crippen molar-refractivity contribution in [2.75, 3.05) is 26.2 Å². The summed E-state index contributed by atoms with van der Waals surface area (Å²) in [5.41, 5.74) is 3.51. The van der Waals surface area contributed by atoms with Crippen LogP contribution in [-0.2, 0) is 13.1 Å². The molecule has 2 saturated carbocycles. The Bertz CT molecular complexity index is 1400. The van der Waals surface area contributed by atoms with Gasteiger partial charge in [0.15, 0.2) is 0 Å². The normalized spacial score (nSPS) is 18.6. The molecule has 1 saturated heterocycles. The molecule has 2 heterocycles. The number of aromatic nitrogens is 1. The van der Waals surface area contributed by atoms with Gasteiger partial charge in [-0.3, -0.25) is 14.5 Å². The van der Waals surface area contributed by atoms with E-state index in [1.807, 2.05) is 22.8 Å². The molecule has 6 nitrogen and oxygen atoms in total. The van der Waals surface area contributed by atoms with E-state index >= 15 is 0 Å². The summed E-state index contributed by atoms with van der Waals surface area (Å²) in [5.74, 6) is -0.0302. The Morgan fingerprint density at radius 2 is 1.92 bits per heavy atom. The fraction of sp³-hybridized carbons (Fsp3) is 0.467. The number of nitrogens with one attached hydrogen (secondary N) is 2. The van der Waals surface area contributed by atoms with E-state index in [2.05, 4.69) is 21.7 Å². The zero-order chi connectivity index (χ0) is 25.5. The number of hydrogen-bond donors (Lipinski definition) is 2. The maximum atomic E-state index is 15.0. The van der Waals surface area contributed by atoms with Gasteiger partial charge in [0.25, 0.3) is 11.5 Å². The monoisotopic (exact) mass is 502 g/mol. The number of nitrogens with zero attached hydrogens (tertiary/aromatic N) is 2. The lowest BCUT2D eigenvalue weighted by molar-refractivity contribution is 0.0950. The minimum absolute atomic E-state index is 0.0372. The van der Waals surface area contributed by atoms with Crippen molar-refractivity contribution in [2.45, 2.75) is 58.2 Å². The van der Waals surface area contributed by atoms with Gasteiger partial charge in [0.05, 0.1) is 0 Å². The highest BCUT2D eigenvalue weighted by Crippen LogP contribution is 2.33. The standard InChI is InChI=1S/C30H35FN4O2/c1-19-26(14-22(15-28(19)31)29(36)33-24-6-7-24)21-5-8-25-27(13-21)23(17-34-11-2-9-32-10-12-34)18-35(30(25)37)16-20-3-4-20/h5,8,13-15,18,20,24,32H,2-4,6-7,9-12,16-17H2,1H3,(H,33,36). The molecule has 3 aromatic rings. The van der Waals surface area contributed by atoms with Crippen LogP contribution in [0.2, 0.25) is 0 Å². The number of amides is 1. The van der Waals surface area contributed by atoms with Gasteiger partial charge in [-0.25, -0.2) is 4.39 Å². The van der Waals surface area contributed by atoms with Crippen molar-refractivity contribution >= 4 is 16.7 Å². The molecule has 0 radical (unpaired) electrons. The van der Waals surface area contributed by atoms with Gasteiger partial charge in [0.1, 0.15) is 5.82 Å². The number of fused-ring (bicyclic) bond motifs is 1. The second-order valence-electron chi connectivity index (χ2n) is 11.1. The number of halogens is 1. The molecule has 0 bridgehead atoms. The summed E-state index contributed by atoms with van der Waals surface area (Å²) < 4.78 is 16.9. The lowest BCUT2D eigenvalue weighted by atomic mass is 9.94.